The summed E-state index contributed by atoms with van der Waals surface area (Å²) in [5, 5.41) is 8.90. The highest BCUT2D eigenvalue weighted by Gasteiger charge is 2.12. The topological polar surface area (TPSA) is 27.0 Å². The summed E-state index contributed by atoms with van der Waals surface area (Å²) < 4.78 is 1.03. The summed E-state index contributed by atoms with van der Waals surface area (Å²) in [4.78, 5) is 2.19. The Morgan fingerprint density at radius 3 is 2.76 bits per heavy atom. The van der Waals surface area contributed by atoms with Gasteiger partial charge in [-0.1, -0.05) is 22.0 Å². The highest BCUT2D eigenvalue weighted by molar-refractivity contribution is 9.10. The van der Waals surface area contributed by atoms with Gasteiger partial charge in [-0.25, -0.2) is 0 Å². The first-order valence-corrected chi connectivity index (χ1v) is 6.94. The van der Waals surface area contributed by atoms with Crippen molar-refractivity contribution < 1.29 is 0 Å². The summed E-state index contributed by atoms with van der Waals surface area (Å²) in [5.74, 6) is 0.497. The minimum atomic E-state index is 0.0112. The van der Waals surface area contributed by atoms with Crippen LogP contribution in [0.4, 0.5) is 5.69 Å². The lowest BCUT2D eigenvalue weighted by Crippen LogP contribution is -2.28. The third-order valence-corrected chi connectivity index (χ3v) is 3.41. The molecule has 0 aliphatic heterocycles. The molecule has 92 valence electrons. The lowest BCUT2D eigenvalue weighted by molar-refractivity contribution is 0.684. The fraction of sp³-hybridized carbons (Fsp3) is 0.462. The Morgan fingerprint density at radius 1 is 1.53 bits per heavy atom. The lowest BCUT2D eigenvalue weighted by Gasteiger charge is -2.26. The van der Waals surface area contributed by atoms with Gasteiger partial charge in [0, 0.05) is 29.1 Å². The first-order valence-electron chi connectivity index (χ1n) is 5.61. The molecule has 1 aromatic carbocycles. The molecule has 1 aromatic rings. The molecule has 17 heavy (non-hydrogen) atoms. The Labute approximate surface area is 116 Å². The third-order valence-electron chi connectivity index (χ3n) is 2.63. The van der Waals surface area contributed by atoms with E-state index in [4.69, 9.17) is 16.9 Å². The molecular formula is C13H16BrClN2. The van der Waals surface area contributed by atoms with Gasteiger partial charge in [0.15, 0.2) is 0 Å². The molecule has 0 saturated carbocycles. The summed E-state index contributed by atoms with van der Waals surface area (Å²) >= 11 is 9.42. The average Bonchev–Trinajstić information content (AvgIpc) is 2.35. The first kappa shape index (κ1) is 14.3. The van der Waals surface area contributed by atoms with Crippen molar-refractivity contribution in [2.24, 2.45) is 5.92 Å². The van der Waals surface area contributed by atoms with Crippen molar-refractivity contribution in [3.8, 4) is 6.07 Å². The quantitative estimate of drug-likeness (QED) is 0.762. The number of benzene rings is 1. The molecule has 2 nitrogen and oxygen atoms in total. The van der Waals surface area contributed by atoms with E-state index in [0.29, 0.717) is 5.88 Å². The van der Waals surface area contributed by atoms with E-state index in [9.17, 15) is 0 Å². The first-order chi connectivity index (χ1) is 8.12. The van der Waals surface area contributed by atoms with Crippen LogP contribution in [0.5, 0.6) is 0 Å². The van der Waals surface area contributed by atoms with Crippen LogP contribution >= 0.6 is 27.5 Å². The predicted octanol–water partition coefficient (Wildman–Crippen LogP) is 4.17. The SMILES string of the molecule is CCN(CC(C)C#N)c1cc(Br)ccc1CCl. The summed E-state index contributed by atoms with van der Waals surface area (Å²) in [7, 11) is 0. The van der Waals surface area contributed by atoms with Crippen LogP contribution in [0, 0.1) is 17.2 Å². The molecule has 0 spiro atoms. The standard InChI is InChI=1S/C13H16BrClN2/c1-3-17(9-10(2)8-16)13-6-12(14)5-4-11(13)7-15/h4-6,10H,3,7,9H2,1-2H3. The summed E-state index contributed by atoms with van der Waals surface area (Å²) in [6, 6.07) is 8.33. The van der Waals surface area contributed by atoms with Crippen LogP contribution in [0.3, 0.4) is 0 Å². The molecule has 0 aromatic heterocycles. The normalized spacial score (nSPS) is 11.9. The fourth-order valence-corrected chi connectivity index (χ4v) is 2.29. The van der Waals surface area contributed by atoms with Crippen LogP contribution in [-0.4, -0.2) is 13.1 Å². The minimum Gasteiger partial charge on any atom is -0.370 e. The van der Waals surface area contributed by atoms with Crippen molar-refractivity contribution in [1.82, 2.24) is 0 Å². The molecule has 0 radical (unpaired) electrons. The number of rotatable bonds is 5. The van der Waals surface area contributed by atoms with Gasteiger partial charge in [0.05, 0.1) is 12.0 Å². The second-order valence-corrected chi connectivity index (χ2v) is 5.16. The predicted molar refractivity (Wildman–Crippen MR) is 76.4 cm³/mol. The average molecular weight is 316 g/mol. The second kappa shape index (κ2) is 6.88. The van der Waals surface area contributed by atoms with Crippen LogP contribution < -0.4 is 4.90 Å². The van der Waals surface area contributed by atoms with Gasteiger partial charge in [0.25, 0.3) is 0 Å². The van der Waals surface area contributed by atoms with Gasteiger partial charge in [-0.3, -0.25) is 0 Å². The summed E-state index contributed by atoms with van der Waals surface area (Å²) in [6.07, 6.45) is 0. The largest absolute Gasteiger partial charge is 0.370 e. The molecule has 0 saturated heterocycles. The van der Waals surface area contributed by atoms with E-state index in [-0.39, 0.29) is 5.92 Å². The smallest absolute Gasteiger partial charge is 0.0671 e. The van der Waals surface area contributed by atoms with Crippen molar-refractivity contribution >= 4 is 33.2 Å². The van der Waals surface area contributed by atoms with E-state index in [2.05, 4.69) is 39.9 Å². The maximum Gasteiger partial charge on any atom is 0.0671 e. The van der Waals surface area contributed by atoms with E-state index < -0.39 is 0 Å². The van der Waals surface area contributed by atoms with Gasteiger partial charge >= 0.3 is 0 Å². The highest BCUT2D eigenvalue weighted by Crippen LogP contribution is 2.27. The van der Waals surface area contributed by atoms with Crippen molar-refractivity contribution in [1.29, 1.82) is 5.26 Å². The van der Waals surface area contributed by atoms with Crippen molar-refractivity contribution in [2.75, 3.05) is 18.0 Å². The van der Waals surface area contributed by atoms with Gasteiger partial charge in [0.2, 0.25) is 0 Å². The highest BCUT2D eigenvalue weighted by atomic mass is 79.9. The van der Waals surface area contributed by atoms with Crippen LogP contribution in [0.1, 0.15) is 19.4 Å². The molecule has 0 aliphatic carbocycles. The van der Waals surface area contributed by atoms with Crippen molar-refractivity contribution in [3.05, 3.63) is 28.2 Å². The zero-order chi connectivity index (χ0) is 12.8. The molecule has 0 heterocycles. The maximum atomic E-state index is 8.90. The molecule has 0 aliphatic rings. The van der Waals surface area contributed by atoms with Gasteiger partial charge in [-0.05, 0) is 31.5 Å². The molecule has 0 bridgehead atoms. The molecule has 0 amide bonds. The van der Waals surface area contributed by atoms with E-state index in [0.717, 1.165) is 28.8 Å². The lowest BCUT2D eigenvalue weighted by atomic mass is 10.1. The van der Waals surface area contributed by atoms with Gasteiger partial charge in [-0.2, -0.15) is 5.26 Å². The van der Waals surface area contributed by atoms with Gasteiger partial charge in [-0.15, -0.1) is 11.6 Å². The molecule has 1 atom stereocenters. The Balaban J connectivity index is 3.02. The molecule has 1 rings (SSSR count). The Kier molecular flexibility index (Phi) is 5.80. The molecule has 4 heteroatoms. The van der Waals surface area contributed by atoms with Crippen LogP contribution in [-0.2, 0) is 5.88 Å². The summed E-state index contributed by atoms with van der Waals surface area (Å²) in [6.45, 7) is 5.61. The Bertz CT molecular complexity index is 414. The zero-order valence-electron chi connectivity index (χ0n) is 10.1. The van der Waals surface area contributed by atoms with E-state index in [1.807, 2.05) is 19.1 Å². The molecule has 1 unspecified atom stereocenters. The zero-order valence-corrected chi connectivity index (χ0v) is 12.4. The number of hydrogen-bond donors (Lipinski definition) is 0. The third kappa shape index (κ3) is 3.90. The number of nitriles is 1. The number of alkyl halides is 1. The van der Waals surface area contributed by atoms with E-state index >= 15 is 0 Å². The van der Waals surface area contributed by atoms with Crippen LogP contribution in [0.15, 0.2) is 22.7 Å². The Hall–Kier alpha value is -0.720. The van der Waals surface area contributed by atoms with Crippen LogP contribution in [0.2, 0.25) is 0 Å². The fourth-order valence-electron chi connectivity index (χ4n) is 1.71. The number of halogens is 2. The number of hydrogen-bond acceptors (Lipinski definition) is 2. The summed E-state index contributed by atoms with van der Waals surface area (Å²) in [5.41, 5.74) is 2.21. The minimum absolute atomic E-state index is 0.0112. The number of anilines is 1. The molecule has 0 fully saturated rings. The number of nitrogens with zero attached hydrogens (tertiary/aromatic N) is 2. The maximum absolute atomic E-state index is 8.90. The van der Waals surface area contributed by atoms with E-state index in [1.54, 1.807) is 0 Å². The van der Waals surface area contributed by atoms with Gasteiger partial charge < -0.3 is 4.90 Å². The second-order valence-electron chi connectivity index (χ2n) is 3.98. The Morgan fingerprint density at radius 2 is 2.24 bits per heavy atom. The van der Waals surface area contributed by atoms with Crippen LogP contribution in [0.25, 0.3) is 0 Å². The van der Waals surface area contributed by atoms with Gasteiger partial charge in [0.1, 0.15) is 0 Å². The van der Waals surface area contributed by atoms with Crippen molar-refractivity contribution in [3.63, 3.8) is 0 Å². The van der Waals surface area contributed by atoms with E-state index in [1.165, 1.54) is 0 Å². The molecular weight excluding hydrogens is 300 g/mol. The monoisotopic (exact) mass is 314 g/mol. The van der Waals surface area contributed by atoms with Crippen molar-refractivity contribution in [2.45, 2.75) is 19.7 Å². The molecule has 0 N–H and O–H groups in total.